The van der Waals surface area contributed by atoms with Gasteiger partial charge in [0.05, 0.1) is 5.52 Å². The van der Waals surface area contributed by atoms with E-state index in [2.05, 4.69) is 54.4 Å². The second-order valence-corrected chi connectivity index (χ2v) is 5.20. The zero-order chi connectivity index (χ0) is 12.3. The number of fused-ring (bicyclic) bond motifs is 1. The van der Waals surface area contributed by atoms with Gasteiger partial charge in [-0.05, 0) is 24.8 Å². The monoisotopic (exact) mass is 246 g/mol. The summed E-state index contributed by atoms with van der Waals surface area (Å²) in [5, 5.41) is 1.25. The molecule has 0 saturated carbocycles. The lowest BCUT2D eigenvalue weighted by molar-refractivity contribution is 0.982. The molecule has 0 atom stereocenters. The second kappa shape index (κ2) is 5.41. The Balaban J connectivity index is 2.43. The van der Waals surface area contributed by atoms with Gasteiger partial charge in [0.1, 0.15) is 0 Å². The van der Waals surface area contributed by atoms with E-state index in [0.29, 0.717) is 0 Å². The van der Waals surface area contributed by atoms with Crippen LogP contribution in [0.5, 0.6) is 0 Å². The number of thioether (sulfide) groups is 1. The molecule has 1 aromatic heterocycles. The van der Waals surface area contributed by atoms with Crippen LogP contribution in [-0.2, 0) is 0 Å². The maximum Gasteiger partial charge on any atom is 0.0751 e. The fraction of sp³-hybridized carbons (Fsp3) is 0.357. The third-order valence-electron chi connectivity index (χ3n) is 2.99. The van der Waals surface area contributed by atoms with Gasteiger partial charge in [-0.3, -0.25) is 4.98 Å². The number of hydrogen-bond acceptors (Lipinski definition) is 3. The molecule has 0 spiro atoms. The SMILES string of the molecule is CSCCN(C)c1ccnc2c(C)cccc12. The maximum absolute atomic E-state index is 4.47. The Morgan fingerprint density at radius 1 is 1.29 bits per heavy atom. The Kier molecular flexibility index (Phi) is 3.89. The minimum Gasteiger partial charge on any atom is -0.373 e. The predicted molar refractivity (Wildman–Crippen MR) is 78.1 cm³/mol. The zero-order valence-electron chi connectivity index (χ0n) is 10.6. The van der Waals surface area contributed by atoms with Crippen LogP contribution < -0.4 is 4.90 Å². The fourth-order valence-electron chi connectivity index (χ4n) is 1.99. The Labute approximate surface area is 107 Å². The molecule has 2 rings (SSSR count). The highest BCUT2D eigenvalue weighted by Crippen LogP contribution is 2.26. The molecule has 1 aromatic carbocycles. The van der Waals surface area contributed by atoms with Crippen LogP contribution in [0.25, 0.3) is 10.9 Å². The van der Waals surface area contributed by atoms with E-state index in [-0.39, 0.29) is 0 Å². The summed E-state index contributed by atoms with van der Waals surface area (Å²) in [6, 6.07) is 8.47. The van der Waals surface area contributed by atoms with Gasteiger partial charge in [-0.25, -0.2) is 0 Å². The number of hydrogen-bond donors (Lipinski definition) is 0. The first-order chi connectivity index (χ1) is 8.24. The number of anilines is 1. The topological polar surface area (TPSA) is 16.1 Å². The molecule has 2 aromatic rings. The number of aryl methyl sites for hydroxylation is 1. The van der Waals surface area contributed by atoms with Crippen LogP contribution in [0.3, 0.4) is 0 Å². The van der Waals surface area contributed by atoms with Gasteiger partial charge in [0.25, 0.3) is 0 Å². The zero-order valence-corrected chi connectivity index (χ0v) is 11.4. The molecule has 0 aliphatic rings. The van der Waals surface area contributed by atoms with E-state index >= 15 is 0 Å². The van der Waals surface area contributed by atoms with Crippen LogP contribution in [0.2, 0.25) is 0 Å². The smallest absolute Gasteiger partial charge is 0.0751 e. The lowest BCUT2D eigenvalue weighted by Gasteiger charge is -2.20. The van der Waals surface area contributed by atoms with Crippen LogP contribution in [0.1, 0.15) is 5.56 Å². The Bertz CT molecular complexity index is 511. The van der Waals surface area contributed by atoms with E-state index in [0.717, 1.165) is 17.8 Å². The Morgan fingerprint density at radius 3 is 2.88 bits per heavy atom. The van der Waals surface area contributed by atoms with Crippen molar-refractivity contribution in [1.82, 2.24) is 4.98 Å². The fourth-order valence-corrected chi connectivity index (χ4v) is 2.45. The summed E-state index contributed by atoms with van der Waals surface area (Å²) in [5.74, 6) is 1.14. The first-order valence-corrected chi connectivity index (χ1v) is 7.18. The van der Waals surface area contributed by atoms with Gasteiger partial charge >= 0.3 is 0 Å². The summed E-state index contributed by atoms with van der Waals surface area (Å²) >= 11 is 1.88. The van der Waals surface area contributed by atoms with Crippen molar-refractivity contribution in [2.75, 3.05) is 30.5 Å². The number of para-hydroxylation sites is 1. The molecular formula is C14H18N2S. The van der Waals surface area contributed by atoms with Crippen molar-refractivity contribution in [2.24, 2.45) is 0 Å². The van der Waals surface area contributed by atoms with Crippen molar-refractivity contribution in [3.05, 3.63) is 36.0 Å². The maximum atomic E-state index is 4.47. The molecule has 0 unspecified atom stereocenters. The molecule has 90 valence electrons. The van der Waals surface area contributed by atoms with Gasteiger partial charge < -0.3 is 4.90 Å². The van der Waals surface area contributed by atoms with E-state index in [9.17, 15) is 0 Å². The number of aromatic nitrogens is 1. The van der Waals surface area contributed by atoms with Crippen LogP contribution in [0.4, 0.5) is 5.69 Å². The first-order valence-electron chi connectivity index (χ1n) is 5.78. The highest BCUT2D eigenvalue weighted by Gasteiger charge is 2.07. The summed E-state index contributed by atoms with van der Waals surface area (Å²) in [6.45, 7) is 3.18. The van der Waals surface area contributed by atoms with Crippen molar-refractivity contribution < 1.29 is 0 Å². The molecule has 0 radical (unpaired) electrons. The lowest BCUT2D eigenvalue weighted by atomic mass is 10.1. The van der Waals surface area contributed by atoms with E-state index in [1.165, 1.54) is 16.6 Å². The molecule has 0 N–H and O–H groups in total. The largest absolute Gasteiger partial charge is 0.373 e. The summed E-state index contributed by atoms with van der Waals surface area (Å²) < 4.78 is 0. The van der Waals surface area contributed by atoms with Crippen molar-refractivity contribution in [3.63, 3.8) is 0 Å². The van der Waals surface area contributed by atoms with Gasteiger partial charge in [-0.2, -0.15) is 11.8 Å². The van der Waals surface area contributed by atoms with E-state index in [1.807, 2.05) is 18.0 Å². The van der Waals surface area contributed by atoms with E-state index in [4.69, 9.17) is 0 Å². The van der Waals surface area contributed by atoms with Crippen LogP contribution >= 0.6 is 11.8 Å². The molecule has 3 heteroatoms. The number of pyridine rings is 1. The van der Waals surface area contributed by atoms with Crippen LogP contribution in [0, 0.1) is 6.92 Å². The predicted octanol–water partition coefficient (Wildman–Crippen LogP) is 3.34. The van der Waals surface area contributed by atoms with E-state index < -0.39 is 0 Å². The minimum absolute atomic E-state index is 1.06. The molecule has 1 heterocycles. The normalized spacial score (nSPS) is 10.8. The van der Waals surface area contributed by atoms with Crippen molar-refractivity contribution >= 4 is 28.4 Å². The first kappa shape index (κ1) is 12.2. The third kappa shape index (κ3) is 2.55. The van der Waals surface area contributed by atoms with Gasteiger partial charge in [0.2, 0.25) is 0 Å². The molecule has 17 heavy (non-hydrogen) atoms. The summed E-state index contributed by atoms with van der Waals surface area (Å²) in [5.41, 5.74) is 3.62. The number of rotatable bonds is 4. The molecule has 0 bridgehead atoms. The van der Waals surface area contributed by atoms with Crippen molar-refractivity contribution in [2.45, 2.75) is 6.92 Å². The number of benzene rings is 1. The van der Waals surface area contributed by atoms with Crippen LogP contribution in [-0.4, -0.2) is 30.6 Å². The van der Waals surface area contributed by atoms with Gasteiger partial charge in [0, 0.05) is 36.6 Å². The third-order valence-corrected chi connectivity index (χ3v) is 3.58. The summed E-state index contributed by atoms with van der Waals surface area (Å²) in [4.78, 5) is 6.78. The summed E-state index contributed by atoms with van der Waals surface area (Å²) in [6.07, 6.45) is 4.04. The highest BCUT2D eigenvalue weighted by atomic mass is 32.2. The Morgan fingerprint density at radius 2 is 2.12 bits per heavy atom. The second-order valence-electron chi connectivity index (χ2n) is 4.22. The van der Waals surface area contributed by atoms with E-state index in [1.54, 1.807) is 0 Å². The van der Waals surface area contributed by atoms with Crippen LogP contribution in [0.15, 0.2) is 30.5 Å². The van der Waals surface area contributed by atoms with Crippen molar-refractivity contribution in [3.8, 4) is 0 Å². The highest BCUT2D eigenvalue weighted by molar-refractivity contribution is 7.98. The van der Waals surface area contributed by atoms with Gasteiger partial charge in [0.15, 0.2) is 0 Å². The van der Waals surface area contributed by atoms with Crippen molar-refractivity contribution in [1.29, 1.82) is 0 Å². The molecule has 0 aliphatic heterocycles. The number of nitrogens with zero attached hydrogens (tertiary/aromatic N) is 2. The molecule has 0 amide bonds. The molecule has 0 saturated heterocycles. The van der Waals surface area contributed by atoms with Gasteiger partial charge in [-0.1, -0.05) is 18.2 Å². The quantitative estimate of drug-likeness (QED) is 0.823. The summed E-state index contributed by atoms with van der Waals surface area (Å²) in [7, 11) is 2.15. The molecule has 0 aliphatic carbocycles. The minimum atomic E-state index is 1.06. The standard InChI is InChI=1S/C14H18N2S/c1-11-5-4-6-12-13(7-8-15-14(11)12)16(2)9-10-17-3/h4-8H,9-10H2,1-3H3. The average molecular weight is 246 g/mol. The Hall–Kier alpha value is -1.22. The average Bonchev–Trinajstić information content (AvgIpc) is 2.36. The van der Waals surface area contributed by atoms with Gasteiger partial charge in [-0.15, -0.1) is 0 Å². The molecular weight excluding hydrogens is 228 g/mol. The molecule has 0 fully saturated rings. The lowest BCUT2D eigenvalue weighted by Crippen LogP contribution is -2.20. The molecule has 2 nitrogen and oxygen atoms in total.